The second-order valence-corrected chi connectivity index (χ2v) is 7.45. The van der Waals surface area contributed by atoms with Gasteiger partial charge in [-0.1, -0.05) is 18.6 Å². The molecular weight excluding hydrogens is 288 g/mol. The van der Waals surface area contributed by atoms with Gasteiger partial charge in [-0.15, -0.1) is 0 Å². The lowest BCUT2D eigenvalue weighted by molar-refractivity contribution is -0.133. The molecule has 1 fully saturated rings. The Hall–Kier alpha value is -1.64. The molecule has 0 N–H and O–H groups in total. The van der Waals surface area contributed by atoms with Gasteiger partial charge in [0.05, 0.1) is 6.61 Å². The highest BCUT2D eigenvalue weighted by Crippen LogP contribution is 2.49. The Morgan fingerprint density at radius 2 is 1.91 bits per heavy atom. The van der Waals surface area contributed by atoms with E-state index in [-0.39, 0.29) is 17.5 Å². The first kappa shape index (κ1) is 16.2. The van der Waals surface area contributed by atoms with Crippen molar-refractivity contribution in [3.63, 3.8) is 0 Å². The van der Waals surface area contributed by atoms with Gasteiger partial charge in [-0.2, -0.15) is 0 Å². The van der Waals surface area contributed by atoms with E-state index in [9.17, 15) is 9.59 Å². The van der Waals surface area contributed by atoms with Crippen molar-refractivity contribution >= 4 is 11.6 Å². The quantitative estimate of drug-likeness (QED) is 0.446. The summed E-state index contributed by atoms with van der Waals surface area (Å²) in [5.41, 5.74) is 3.67. The minimum Gasteiger partial charge on any atom is -0.493 e. The van der Waals surface area contributed by atoms with E-state index >= 15 is 0 Å². The summed E-state index contributed by atoms with van der Waals surface area (Å²) in [4.78, 5) is 24.7. The minimum absolute atomic E-state index is 0.168. The number of rotatable bonds is 3. The van der Waals surface area contributed by atoms with Gasteiger partial charge >= 0.3 is 0 Å². The van der Waals surface area contributed by atoms with Gasteiger partial charge in [0.1, 0.15) is 5.76 Å². The third-order valence-electron chi connectivity index (χ3n) is 5.54. The number of Topliss-reactive ketones (excluding diaryl/α,β-unsaturated/α-hetero) is 2. The van der Waals surface area contributed by atoms with Gasteiger partial charge in [-0.05, 0) is 58.3 Å². The Balaban J connectivity index is 1.96. The van der Waals surface area contributed by atoms with Crippen molar-refractivity contribution in [1.29, 1.82) is 0 Å². The van der Waals surface area contributed by atoms with Crippen LogP contribution in [0.5, 0.6) is 0 Å². The molecule has 3 rings (SSSR count). The topological polar surface area (TPSA) is 43.4 Å². The van der Waals surface area contributed by atoms with E-state index in [0.29, 0.717) is 24.0 Å². The zero-order valence-electron chi connectivity index (χ0n) is 14.6. The highest BCUT2D eigenvalue weighted by molar-refractivity contribution is 6.50. The lowest BCUT2D eigenvalue weighted by Gasteiger charge is -2.43. The molecule has 1 aliphatic heterocycles. The zero-order valence-corrected chi connectivity index (χ0v) is 14.6. The normalized spacial score (nSPS) is 30.2. The standard InChI is InChI=1S/C20H26O3/c1-11(2)6-5-7-14-10-23-20-13(4)18(21)19(22)16-12(3)8-9-15(14)17(16)20/h6,12,14-15H,5,7-10H2,1-4H3/t12?,14?,15-/m0/s1. The zero-order chi connectivity index (χ0) is 16.7. The molecule has 3 nitrogen and oxygen atoms in total. The molecule has 0 saturated carbocycles. The third kappa shape index (κ3) is 2.71. The summed E-state index contributed by atoms with van der Waals surface area (Å²) in [6, 6.07) is 0. The van der Waals surface area contributed by atoms with Crippen LogP contribution in [0.25, 0.3) is 0 Å². The number of ketones is 2. The molecule has 0 radical (unpaired) electrons. The van der Waals surface area contributed by atoms with Crippen LogP contribution < -0.4 is 0 Å². The lowest BCUT2D eigenvalue weighted by atomic mass is 9.65. The molecule has 1 saturated heterocycles. The summed E-state index contributed by atoms with van der Waals surface area (Å²) in [5, 5.41) is 0. The van der Waals surface area contributed by atoms with Crippen LogP contribution in [-0.4, -0.2) is 18.2 Å². The molecule has 23 heavy (non-hydrogen) atoms. The van der Waals surface area contributed by atoms with E-state index in [2.05, 4.69) is 26.8 Å². The van der Waals surface area contributed by atoms with E-state index in [1.54, 1.807) is 6.92 Å². The van der Waals surface area contributed by atoms with Gasteiger partial charge < -0.3 is 4.74 Å². The first-order chi connectivity index (χ1) is 10.9. The monoisotopic (exact) mass is 314 g/mol. The van der Waals surface area contributed by atoms with Crippen LogP contribution in [0.2, 0.25) is 0 Å². The molecule has 3 atom stereocenters. The van der Waals surface area contributed by atoms with E-state index in [0.717, 1.165) is 42.6 Å². The molecule has 124 valence electrons. The number of allylic oxidation sites excluding steroid dienone is 5. The summed E-state index contributed by atoms with van der Waals surface area (Å²) in [6.45, 7) is 8.71. The molecule has 3 heteroatoms. The fourth-order valence-corrected chi connectivity index (χ4v) is 4.25. The van der Waals surface area contributed by atoms with Gasteiger partial charge in [0.15, 0.2) is 0 Å². The van der Waals surface area contributed by atoms with Gasteiger partial charge in [0.2, 0.25) is 11.6 Å². The van der Waals surface area contributed by atoms with Crippen LogP contribution >= 0.6 is 0 Å². The number of hydrogen-bond donors (Lipinski definition) is 0. The fraction of sp³-hybridized carbons (Fsp3) is 0.600. The molecule has 0 amide bonds. The maximum atomic E-state index is 12.5. The van der Waals surface area contributed by atoms with E-state index in [1.165, 1.54) is 5.57 Å². The Kier molecular flexibility index (Phi) is 4.31. The van der Waals surface area contributed by atoms with Crippen LogP contribution in [0.15, 0.2) is 34.1 Å². The SMILES string of the molecule is CC(C)=CCCC1COC2=C(C)C(=O)C(=O)C3=C2[C@H]1CCC3C. The maximum absolute atomic E-state index is 12.5. The average Bonchev–Trinajstić information content (AvgIpc) is 2.51. The first-order valence-electron chi connectivity index (χ1n) is 8.72. The molecule has 3 aliphatic rings. The largest absolute Gasteiger partial charge is 0.493 e. The highest BCUT2D eigenvalue weighted by atomic mass is 16.5. The Bertz CT molecular complexity index is 644. The minimum atomic E-state index is -0.366. The van der Waals surface area contributed by atoms with Crippen molar-refractivity contribution in [3.05, 3.63) is 34.1 Å². The van der Waals surface area contributed by atoms with E-state index in [1.807, 2.05) is 0 Å². The molecular formula is C20H26O3. The fourth-order valence-electron chi connectivity index (χ4n) is 4.25. The van der Waals surface area contributed by atoms with Crippen molar-refractivity contribution in [2.24, 2.45) is 17.8 Å². The van der Waals surface area contributed by atoms with Crippen LogP contribution in [0.3, 0.4) is 0 Å². The number of ether oxygens (including phenoxy) is 1. The summed E-state index contributed by atoms with van der Waals surface area (Å²) >= 11 is 0. The number of hydrogen-bond acceptors (Lipinski definition) is 3. The Morgan fingerprint density at radius 3 is 2.61 bits per heavy atom. The predicted molar refractivity (Wildman–Crippen MR) is 89.7 cm³/mol. The molecule has 0 bridgehead atoms. The van der Waals surface area contributed by atoms with Crippen LogP contribution in [-0.2, 0) is 14.3 Å². The summed E-state index contributed by atoms with van der Waals surface area (Å²) < 4.78 is 6.00. The van der Waals surface area contributed by atoms with Crippen LogP contribution in [0.4, 0.5) is 0 Å². The van der Waals surface area contributed by atoms with Crippen LogP contribution in [0.1, 0.15) is 53.4 Å². The molecule has 0 aromatic carbocycles. The first-order valence-corrected chi connectivity index (χ1v) is 8.72. The van der Waals surface area contributed by atoms with E-state index < -0.39 is 0 Å². The second-order valence-electron chi connectivity index (χ2n) is 7.45. The maximum Gasteiger partial charge on any atom is 0.232 e. The molecule has 0 spiro atoms. The third-order valence-corrected chi connectivity index (χ3v) is 5.54. The summed E-state index contributed by atoms with van der Waals surface area (Å²) in [6.07, 6.45) is 6.49. The average molecular weight is 314 g/mol. The van der Waals surface area contributed by atoms with E-state index in [4.69, 9.17) is 4.74 Å². The van der Waals surface area contributed by atoms with Crippen molar-refractivity contribution in [1.82, 2.24) is 0 Å². The molecule has 1 heterocycles. The van der Waals surface area contributed by atoms with Crippen molar-refractivity contribution in [2.45, 2.75) is 53.4 Å². The Labute approximate surface area is 138 Å². The van der Waals surface area contributed by atoms with Gasteiger partial charge in [0.25, 0.3) is 0 Å². The van der Waals surface area contributed by atoms with Gasteiger partial charge in [-0.25, -0.2) is 0 Å². The van der Waals surface area contributed by atoms with Crippen molar-refractivity contribution in [2.75, 3.05) is 6.61 Å². The van der Waals surface area contributed by atoms with Crippen molar-refractivity contribution < 1.29 is 14.3 Å². The number of carbonyl (C=O) groups excluding carboxylic acids is 2. The van der Waals surface area contributed by atoms with Crippen LogP contribution in [0, 0.1) is 17.8 Å². The number of carbonyl (C=O) groups is 2. The molecule has 2 unspecified atom stereocenters. The predicted octanol–water partition coefficient (Wildman–Crippen LogP) is 4.15. The van der Waals surface area contributed by atoms with Gasteiger partial charge in [0, 0.05) is 22.6 Å². The molecule has 0 aromatic rings. The summed E-state index contributed by atoms with van der Waals surface area (Å²) in [7, 11) is 0. The molecule has 0 aromatic heterocycles. The Morgan fingerprint density at radius 1 is 1.17 bits per heavy atom. The second kappa shape index (κ2) is 6.10. The highest BCUT2D eigenvalue weighted by Gasteiger charge is 2.46. The smallest absolute Gasteiger partial charge is 0.232 e. The van der Waals surface area contributed by atoms with Gasteiger partial charge in [-0.3, -0.25) is 9.59 Å². The molecule has 2 aliphatic carbocycles. The lowest BCUT2D eigenvalue weighted by Crippen LogP contribution is -2.40. The summed E-state index contributed by atoms with van der Waals surface area (Å²) in [5.74, 6) is 1.06. The van der Waals surface area contributed by atoms with Crippen molar-refractivity contribution in [3.8, 4) is 0 Å².